The lowest BCUT2D eigenvalue weighted by atomic mass is 9.97. The summed E-state index contributed by atoms with van der Waals surface area (Å²) in [6.07, 6.45) is -0.985. The van der Waals surface area contributed by atoms with Crippen LogP contribution in [0, 0.1) is 0 Å². The maximum atomic E-state index is 11.9. The number of aliphatic hydroxyl groups is 2. The van der Waals surface area contributed by atoms with E-state index in [0.717, 1.165) is 0 Å². The maximum absolute atomic E-state index is 11.9. The van der Waals surface area contributed by atoms with E-state index in [1.807, 2.05) is 0 Å². The number of tetrazole rings is 1. The molecule has 0 amide bonds. The minimum atomic E-state index is -4.01. The van der Waals surface area contributed by atoms with Gasteiger partial charge in [-0.05, 0) is 28.0 Å². The van der Waals surface area contributed by atoms with Gasteiger partial charge in [0.25, 0.3) is 0 Å². The van der Waals surface area contributed by atoms with Crippen LogP contribution in [0.1, 0.15) is 11.7 Å². The van der Waals surface area contributed by atoms with E-state index >= 15 is 0 Å². The molecule has 3 aromatic rings. The molecule has 0 aliphatic heterocycles. The Kier molecular flexibility index (Phi) is 4.59. The third-order valence-electron chi connectivity index (χ3n) is 3.68. The second-order valence-corrected chi connectivity index (χ2v) is 6.81. The van der Waals surface area contributed by atoms with Gasteiger partial charge in [-0.3, -0.25) is 0 Å². The predicted octanol–water partition coefficient (Wildman–Crippen LogP) is 0.207. The summed E-state index contributed by atoms with van der Waals surface area (Å²) in [6.45, 7) is -0.394. The third-order valence-corrected chi connectivity index (χ3v) is 4.63. The summed E-state index contributed by atoms with van der Waals surface area (Å²) >= 11 is 0. The third kappa shape index (κ3) is 3.42. The highest BCUT2D eigenvalue weighted by Crippen LogP contribution is 2.35. The van der Waals surface area contributed by atoms with Crippen molar-refractivity contribution in [3.05, 3.63) is 48.0 Å². The smallest absolute Gasteiger partial charge is 0.238 e. The molecule has 25 heavy (non-hydrogen) atoms. The van der Waals surface area contributed by atoms with E-state index in [1.54, 1.807) is 36.4 Å². The van der Waals surface area contributed by atoms with E-state index in [-0.39, 0.29) is 16.3 Å². The number of nitrogens with zero attached hydrogens (tertiary/aromatic N) is 3. The van der Waals surface area contributed by atoms with Crippen LogP contribution in [0.3, 0.4) is 0 Å². The van der Waals surface area contributed by atoms with Crippen molar-refractivity contribution in [1.82, 2.24) is 20.6 Å². The Bertz CT molecular complexity index is 972. The Morgan fingerprint density at radius 2 is 1.88 bits per heavy atom. The highest BCUT2D eigenvalue weighted by atomic mass is 32.2. The summed E-state index contributed by atoms with van der Waals surface area (Å²) in [4.78, 5) is -0.120. The first-order valence-corrected chi connectivity index (χ1v) is 8.75. The zero-order valence-electron chi connectivity index (χ0n) is 12.9. The molecule has 0 aliphatic rings. The molecule has 0 aliphatic carbocycles. The molecule has 0 fully saturated rings. The van der Waals surface area contributed by atoms with E-state index in [0.29, 0.717) is 16.7 Å². The van der Waals surface area contributed by atoms with Gasteiger partial charge in [0, 0.05) is 0 Å². The van der Waals surface area contributed by atoms with Crippen LogP contribution >= 0.6 is 0 Å². The van der Waals surface area contributed by atoms with E-state index in [2.05, 4.69) is 20.6 Å². The van der Waals surface area contributed by atoms with Gasteiger partial charge in [-0.25, -0.2) is 13.6 Å². The molecular formula is C15H15N5O4S. The second kappa shape index (κ2) is 6.69. The van der Waals surface area contributed by atoms with Crippen molar-refractivity contribution in [1.29, 1.82) is 0 Å². The quantitative estimate of drug-likeness (QED) is 0.506. The molecule has 0 saturated heterocycles. The summed E-state index contributed by atoms with van der Waals surface area (Å²) in [7, 11) is -4.01. The fourth-order valence-corrected chi connectivity index (χ4v) is 3.25. The average molecular weight is 361 g/mol. The molecular weight excluding hydrogens is 346 g/mol. The van der Waals surface area contributed by atoms with Gasteiger partial charge in [0.1, 0.15) is 6.10 Å². The average Bonchev–Trinajstić information content (AvgIpc) is 3.14. The van der Waals surface area contributed by atoms with Crippen LogP contribution in [0.5, 0.6) is 0 Å². The number of primary sulfonamides is 1. The molecule has 1 aromatic heterocycles. The lowest BCUT2D eigenvalue weighted by Gasteiger charge is -2.13. The largest absolute Gasteiger partial charge is 0.393 e. The molecule has 9 nitrogen and oxygen atoms in total. The second-order valence-electron chi connectivity index (χ2n) is 5.28. The molecule has 0 saturated carbocycles. The van der Waals surface area contributed by atoms with Crippen LogP contribution in [0.4, 0.5) is 0 Å². The van der Waals surface area contributed by atoms with Crippen LogP contribution in [-0.2, 0) is 10.0 Å². The van der Waals surface area contributed by atoms with Crippen molar-refractivity contribution < 1.29 is 18.6 Å². The Hall–Kier alpha value is -2.66. The van der Waals surface area contributed by atoms with Crippen molar-refractivity contribution in [2.75, 3.05) is 6.61 Å². The number of aromatic nitrogens is 4. The van der Waals surface area contributed by atoms with Gasteiger partial charge >= 0.3 is 0 Å². The first-order chi connectivity index (χ1) is 11.9. The molecule has 1 atom stereocenters. The number of hydrogen-bond acceptors (Lipinski definition) is 7. The molecule has 130 valence electrons. The minimum Gasteiger partial charge on any atom is -0.393 e. The lowest BCUT2D eigenvalue weighted by Crippen LogP contribution is -2.14. The maximum Gasteiger partial charge on any atom is 0.238 e. The fourth-order valence-electron chi connectivity index (χ4n) is 2.50. The predicted molar refractivity (Wildman–Crippen MR) is 88.5 cm³/mol. The van der Waals surface area contributed by atoms with Crippen LogP contribution in [0.15, 0.2) is 47.4 Å². The molecule has 1 heterocycles. The topological polar surface area (TPSA) is 155 Å². The van der Waals surface area contributed by atoms with Crippen LogP contribution in [0.25, 0.3) is 22.5 Å². The number of aromatic amines is 1. The molecule has 3 rings (SSSR count). The number of nitrogens with two attached hydrogens (primary N) is 1. The molecule has 0 spiro atoms. The lowest BCUT2D eigenvalue weighted by molar-refractivity contribution is 0.0956. The van der Waals surface area contributed by atoms with Crippen LogP contribution < -0.4 is 5.14 Å². The molecule has 0 bridgehead atoms. The molecule has 5 N–H and O–H groups in total. The Labute approximate surface area is 143 Å². The van der Waals surface area contributed by atoms with Gasteiger partial charge in [0.05, 0.1) is 17.1 Å². The van der Waals surface area contributed by atoms with E-state index < -0.39 is 22.7 Å². The van der Waals surface area contributed by atoms with Gasteiger partial charge in [0.15, 0.2) is 0 Å². The summed E-state index contributed by atoms with van der Waals surface area (Å²) in [5.41, 5.74) is 1.97. The van der Waals surface area contributed by atoms with Crippen molar-refractivity contribution in [3.63, 3.8) is 0 Å². The summed E-state index contributed by atoms with van der Waals surface area (Å²) in [6, 6.07) is 11.3. The van der Waals surface area contributed by atoms with E-state index in [4.69, 9.17) is 10.2 Å². The summed E-state index contributed by atoms with van der Waals surface area (Å²) in [5, 5.41) is 37.5. The number of nitrogens with one attached hydrogen (secondary N) is 1. The SMILES string of the molecule is NS(=O)(=O)c1cccc(-c2ccc([C@H](O)CO)cc2)c1-c1nn[nH]n1. The molecule has 10 heteroatoms. The first-order valence-electron chi connectivity index (χ1n) is 7.20. The van der Waals surface area contributed by atoms with Gasteiger partial charge in [-0.1, -0.05) is 36.4 Å². The highest BCUT2D eigenvalue weighted by molar-refractivity contribution is 7.89. The molecule has 2 aromatic carbocycles. The standard InChI is InChI=1S/C15H15N5O4S/c16-25(23,24)13-3-1-2-11(14(13)15-17-19-20-18-15)9-4-6-10(7-5-9)12(22)8-21/h1-7,12,21-22H,8H2,(H2,16,23,24)(H,17,18,19,20)/t12-/m1/s1. The summed E-state index contributed by atoms with van der Waals surface area (Å²) < 4.78 is 23.9. The van der Waals surface area contributed by atoms with Gasteiger partial charge in [0.2, 0.25) is 15.8 Å². The monoisotopic (exact) mass is 361 g/mol. The Morgan fingerprint density at radius 1 is 1.16 bits per heavy atom. The van der Waals surface area contributed by atoms with Crippen molar-refractivity contribution in [3.8, 4) is 22.5 Å². The van der Waals surface area contributed by atoms with E-state index in [1.165, 1.54) is 6.07 Å². The number of H-pyrrole nitrogens is 1. The summed E-state index contributed by atoms with van der Waals surface area (Å²) in [5.74, 6) is 0.0964. The van der Waals surface area contributed by atoms with Gasteiger partial charge in [-0.2, -0.15) is 5.21 Å². The van der Waals surface area contributed by atoms with Crippen molar-refractivity contribution in [2.45, 2.75) is 11.0 Å². The van der Waals surface area contributed by atoms with Crippen molar-refractivity contribution in [2.24, 2.45) is 5.14 Å². The molecule has 0 unspecified atom stereocenters. The number of hydrogen-bond donors (Lipinski definition) is 4. The fraction of sp³-hybridized carbons (Fsp3) is 0.133. The normalized spacial score (nSPS) is 12.9. The molecule has 0 radical (unpaired) electrons. The zero-order valence-corrected chi connectivity index (χ0v) is 13.7. The first kappa shape index (κ1) is 17.2. The van der Waals surface area contributed by atoms with Gasteiger partial charge in [-0.15, -0.1) is 10.2 Å². The van der Waals surface area contributed by atoms with Crippen molar-refractivity contribution >= 4 is 10.0 Å². The Morgan fingerprint density at radius 3 is 2.44 bits per heavy atom. The van der Waals surface area contributed by atoms with Crippen LogP contribution in [-0.4, -0.2) is 45.9 Å². The van der Waals surface area contributed by atoms with Gasteiger partial charge < -0.3 is 10.2 Å². The number of sulfonamides is 1. The number of rotatable bonds is 5. The number of aliphatic hydroxyl groups excluding tert-OH is 2. The van der Waals surface area contributed by atoms with Crippen LogP contribution in [0.2, 0.25) is 0 Å². The minimum absolute atomic E-state index is 0.0964. The highest BCUT2D eigenvalue weighted by Gasteiger charge is 2.22. The van der Waals surface area contributed by atoms with E-state index in [9.17, 15) is 13.5 Å². The zero-order chi connectivity index (χ0) is 18.0. The number of benzene rings is 2. The Balaban J connectivity index is 2.20.